The maximum Gasteiger partial charge on any atom is 0.289 e. The Bertz CT molecular complexity index is 1000. The molecule has 2 N–H and O–H groups in total. The fourth-order valence-corrected chi connectivity index (χ4v) is 4.56. The molecule has 1 spiro atoms. The highest BCUT2D eigenvalue weighted by atomic mass is 16.7. The van der Waals surface area contributed by atoms with Crippen LogP contribution in [0.4, 0.5) is 5.69 Å². The first-order valence-corrected chi connectivity index (χ1v) is 10.7. The fourth-order valence-electron chi connectivity index (χ4n) is 4.56. The monoisotopic (exact) mass is 425 g/mol. The van der Waals surface area contributed by atoms with Gasteiger partial charge in [-0.2, -0.15) is 0 Å². The molecule has 164 valence electrons. The molecule has 0 radical (unpaired) electrons. The second-order valence-corrected chi connectivity index (χ2v) is 8.42. The molecule has 2 aromatic rings. The largest absolute Gasteiger partial charge is 0.493 e. The van der Waals surface area contributed by atoms with Crippen molar-refractivity contribution in [1.29, 1.82) is 0 Å². The van der Waals surface area contributed by atoms with Gasteiger partial charge in [0, 0.05) is 11.1 Å². The van der Waals surface area contributed by atoms with E-state index in [1.807, 2.05) is 0 Å². The van der Waals surface area contributed by atoms with Gasteiger partial charge in [-0.25, -0.2) is 0 Å². The van der Waals surface area contributed by atoms with Gasteiger partial charge in [-0.3, -0.25) is 4.79 Å². The van der Waals surface area contributed by atoms with E-state index in [0.29, 0.717) is 46.4 Å². The quantitative estimate of drug-likeness (QED) is 0.737. The molecule has 3 atom stereocenters. The number of carbonyl (C=O) groups excluding carboxylic acids is 1. The summed E-state index contributed by atoms with van der Waals surface area (Å²) in [6.45, 7) is 0.459. The van der Waals surface area contributed by atoms with Gasteiger partial charge < -0.3 is 29.4 Å². The topological polar surface area (TPSA) is 86.3 Å². The van der Waals surface area contributed by atoms with Crippen molar-refractivity contribution in [3.8, 4) is 11.5 Å². The number of carbonyl (C=O) groups is 1. The Labute approximate surface area is 181 Å². The number of hydrogen-bond acceptors (Lipinski definition) is 6. The first-order valence-electron chi connectivity index (χ1n) is 10.7. The molecule has 0 bridgehead atoms. The van der Waals surface area contributed by atoms with Crippen molar-refractivity contribution in [1.82, 2.24) is 0 Å². The van der Waals surface area contributed by atoms with Crippen LogP contribution in [0, 0.1) is 5.92 Å². The Morgan fingerprint density at radius 1 is 1.19 bits per heavy atom. The van der Waals surface area contributed by atoms with E-state index in [-0.39, 0.29) is 12.0 Å². The van der Waals surface area contributed by atoms with E-state index in [0.717, 1.165) is 12.8 Å². The Balaban J connectivity index is 1.50. The number of aliphatic hydroxyl groups is 1. The summed E-state index contributed by atoms with van der Waals surface area (Å²) in [5.41, 5.74) is 2.44. The Morgan fingerprint density at radius 3 is 2.77 bits per heavy atom. The Kier molecular flexibility index (Phi) is 5.12. The maximum absolute atomic E-state index is 12.9. The number of nitrogens with one attached hydrogen (secondary N) is 1. The zero-order valence-corrected chi connectivity index (χ0v) is 17.7. The summed E-state index contributed by atoms with van der Waals surface area (Å²) in [5, 5.41) is 14.0. The number of aliphatic hydroxyl groups excluding tert-OH is 1. The van der Waals surface area contributed by atoms with Crippen LogP contribution in [0.3, 0.4) is 0 Å². The number of fused-ring (bicyclic) bond motifs is 2. The van der Waals surface area contributed by atoms with Crippen molar-refractivity contribution < 1.29 is 28.8 Å². The van der Waals surface area contributed by atoms with Gasteiger partial charge in [-0.05, 0) is 42.5 Å². The van der Waals surface area contributed by atoms with Gasteiger partial charge in [-0.1, -0.05) is 31.0 Å². The molecule has 1 saturated carbocycles. The minimum atomic E-state index is -1.46. The normalized spacial score (nSPS) is 25.8. The highest BCUT2D eigenvalue weighted by Gasteiger charge is 2.53. The van der Waals surface area contributed by atoms with Gasteiger partial charge in [0.05, 0.1) is 32.6 Å². The number of rotatable bonds is 6. The molecule has 1 saturated heterocycles. The van der Waals surface area contributed by atoms with Crippen molar-refractivity contribution in [3.63, 3.8) is 0 Å². The number of benzene rings is 2. The first-order chi connectivity index (χ1) is 15.1. The van der Waals surface area contributed by atoms with E-state index >= 15 is 0 Å². The third kappa shape index (κ3) is 3.46. The zero-order valence-electron chi connectivity index (χ0n) is 17.7. The number of hydrogen-bond donors (Lipinski definition) is 2. The summed E-state index contributed by atoms with van der Waals surface area (Å²) >= 11 is 0. The van der Waals surface area contributed by atoms with Gasteiger partial charge in [0.1, 0.15) is 6.10 Å². The molecule has 3 unspecified atom stereocenters. The van der Waals surface area contributed by atoms with Gasteiger partial charge in [0.2, 0.25) is 0 Å². The predicted molar refractivity (Wildman–Crippen MR) is 113 cm³/mol. The number of methoxy groups -OCH3 is 2. The van der Waals surface area contributed by atoms with Crippen molar-refractivity contribution in [2.75, 3.05) is 26.1 Å². The Hall–Kier alpha value is -2.61. The second kappa shape index (κ2) is 7.82. The molecule has 2 heterocycles. The summed E-state index contributed by atoms with van der Waals surface area (Å²) < 4.78 is 23.1. The lowest BCUT2D eigenvalue weighted by atomic mass is 9.95. The van der Waals surface area contributed by atoms with Gasteiger partial charge in [-0.15, -0.1) is 0 Å². The van der Waals surface area contributed by atoms with E-state index in [2.05, 4.69) is 5.32 Å². The molecule has 7 heteroatoms. The highest BCUT2D eigenvalue weighted by molar-refractivity contribution is 6.04. The lowest BCUT2D eigenvalue weighted by Gasteiger charge is -2.37. The molecular weight excluding hydrogens is 398 g/mol. The van der Waals surface area contributed by atoms with E-state index in [1.54, 1.807) is 43.5 Å². The lowest BCUT2D eigenvalue weighted by Crippen LogP contribution is -2.47. The van der Waals surface area contributed by atoms with Crippen LogP contribution < -0.4 is 14.8 Å². The Morgan fingerprint density at radius 2 is 2.03 bits per heavy atom. The summed E-state index contributed by atoms with van der Waals surface area (Å²) in [6, 6.07) is 10.7. The molecule has 31 heavy (non-hydrogen) atoms. The maximum atomic E-state index is 12.9. The second-order valence-electron chi connectivity index (χ2n) is 8.42. The van der Waals surface area contributed by atoms with Crippen molar-refractivity contribution in [3.05, 3.63) is 53.1 Å². The minimum absolute atomic E-state index is 0.00925. The van der Waals surface area contributed by atoms with E-state index in [9.17, 15) is 9.90 Å². The third-order valence-electron chi connectivity index (χ3n) is 6.36. The molecule has 0 aromatic heterocycles. The highest BCUT2D eigenvalue weighted by Crippen LogP contribution is 2.47. The predicted octanol–water partition coefficient (Wildman–Crippen LogP) is 3.50. The van der Waals surface area contributed by atoms with E-state index < -0.39 is 11.9 Å². The van der Waals surface area contributed by atoms with Gasteiger partial charge >= 0.3 is 0 Å². The van der Waals surface area contributed by atoms with Crippen molar-refractivity contribution >= 4 is 11.6 Å². The molecule has 1 amide bonds. The standard InChI is InChI=1S/C24H27NO6/c1-28-20-5-3-4-17(22(20)29-2)21(26)15-8-9-19-18(13-15)24(23(27)25-19)30-11-10-16(31-24)12-14-6-7-14/h3-5,8-9,13-14,16,21,26H,6-7,10-12H2,1-2H3,(H,25,27). The molecule has 2 aromatic carbocycles. The van der Waals surface area contributed by atoms with E-state index in [1.165, 1.54) is 20.0 Å². The van der Waals surface area contributed by atoms with Crippen molar-refractivity contribution in [2.45, 2.75) is 43.7 Å². The average molecular weight is 425 g/mol. The van der Waals surface area contributed by atoms with E-state index in [4.69, 9.17) is 18.9 Å². The molecule has 7 nitrogen and oxygen atoms in total. The molecular formula is C24H27NO6. The van der Waals surface area contributed by atoms with Crippen LogP contribution in [-0.2, 0) is 20.1 Å². The number of amides is 1. The smallest absolute Gasteiger partial charge is 0.289 e. The minimum Gasteiger partial charge on any atom is -0.493 e. The average Bonchev–Trinajstić information content (AvgIpc) is 3.57. The summed E-state index contributed by atoms with van der Waals surface area (Å²) in [5.74, 6) is -0.0697. The zero-order chi connectivity index (χ0) is 21.6. The van der Waals surface area contributed by atoms with Crippen LogP contribution in [0.5, 0.6) is 11.5 Å². The summed E-state index contributed by atoms with van der Waals surface area (Å²) in [4.78, 5) is 12.9. The number of ether oxygens (including phenoxy) is 4. The molecule has 1 aliphatic carbocycles. The van der Waals surface area contributed by atoms with Crippen LogP contribution in [0.1, 0.15) is 48.5 Å². The lowest BCUT2D eigenvalue weighted by molar-refractivity contribution is -0.281. The number of para-hydroxylation sites is 1. The third-order valence-corrected chi connectivity index (χ3v) is 6.36. The van der Waals surface area contributed by atoms with Crippen LogP contribution in [-0.4, -0.2) is 37.9 Å². The summed E-state index contributed by atoms with van der Waals surface area (Å²) in [6.07, 6.45) is 3.21. The molecule has 2 aliphatic heterocycles. The van der Waals surface area contributed by atoms with Crippen LogP contribution in [0.15, 0.2) is 36.4 Å². The van der Waals surface area contributed by atoms with Gasteiger partial charge in [0.25, 0.3) is 11.7 Å². The van der Waals surface area contributed by atoms with Gasteiger partial charge in [0.15, 0.2) is 11.5 Å². The molecule has 3 aliphatic rings. The summed E-state index contributed by atoms with van der Waals surface area (Å²) in [7, 11) is 3.10. The molecule has 5 rings (SSSR count). The van der Waals surface area contributed by atoms with Crippen LogP contribution in [0.2, 0.25) is 0 Å². The fraction of sp³-hybridized carbons (Fsp3) is 0.458. The number of anilines is 1. The van der Waals surface area contributed by atoms with Crippen LogP contribution >= 0.6 is 0 Å². The van der Waals surface area contributed by atoms with Crippen molar-refractivity contribution in [2.24, 2.45) is 5.92 Å². The SMILES string of the molecule is COc1cccc(C(O)c2ccc3c(c2)C2(OCCC(CC4CC4)O2)C(=O)N3)c1OC. The first kappa shape index (κ1) is 20.3. The molecule has 2 fully saturated rings. The van der Waals surface area contributed by atoms with Crippen LogP contribution in [0.25, 0.3) is 0 Å².